The van der Waals surface area contributed by atoms with Crippen LogP contribution in [0.15, 0.2) is 24.3 Å². The van der Waals surface area contributed by atoms with Crippen LogP contribution in [0.25, 0.3) is 0 Å². The highest BCUT2D eigenvalue weighted by molar-refractivity contribution is 5.80. The molecule has 1 N–H and O–H groups in total. The number of rotatable bonds is 3. The molecule has 1 fully saturated rings. The lowest BCUT2D eigenvalue weighted by molar-refractivity contribution is -0.146. The molecule has 0 radical (unpaired) electrons. The molecule has 0 aromatic heterocycles. The van der Waals surface area contributed by atoms with E-state index in [1.54, 1.807) is 20.8 Å². The van der Waals surface area contributed by atoms with Crippen molar-refractivity contribution in [3.63, 3.8) is 0 Å². The second kappa shape index (κ2) is 7.24. The van der Waals surface area contributed by atoms with Gasteiger partial charge in [-0.3, -0.25) is 4.90 Å². The maximum absolute atomic E-state index is 12.4. The van der Waals surface area contributed by atoms with E-state index < -0.39 is 23.7 Å². The SMILES string of the molecule is Cc1ccccc1C[C@H]1CCCN(C(=O)OC(C)(C)C)[C@H]1C(=O)O. The first-order chi connectivity index (χ1) is 11.2. The molecule has 1 heterocycles. The highest BCUT2D eigenvalue weighted by Crippen LogP contribution is 2.29. The maximum Gasteiger partial charge on any atom is 0.411 e. The van der Waals surface area contributed by atoms with E-state index in [4.69, 9.17) is 4.74 Å². The topological polar surface area (TPSA) is 66.8 Å². The number of carboxylic acids is 1. The summed E-state index contributed by atoms with van der Waals surface area (Å²) in [4.78, 5) is 25.7. The minimum Gasteiger partial charge on any atom is -0.480 e. The fraction of sp³-hybridized carbons (Fsp3) is 0.579. The fourth-order valence-electron chi connectivity index (χ4n) is 3.27. The van der Waals surface area contributed by atoms with E-state index >= 15 is 0 Å². The van der Waals surface area contributed by atoms with Gasteiger partial charge in [0.2, 0.25) is 0 Å². The van der Waals surface area contributed by atoms with E-state index in [1.807, 2.05) is 31.2 Å². The zero-order valence-electron chi connectivity index (χ0n) is 14.9. The van der Waals surface area contributed by atoms with Crippen molar-refractivity contribution in [2.24, 2.45) is 5.92 Å². The van der Waals surface area contributed by atoms with Crippen LogP contribution >= 0.6 is 0 Å². The smallest absolute Gasteiger partial charge is 0.411 e. The van der Waals surface area contributed by atoms with E-state index in [-0.39, 0.29) is 5.92 Å². The molecule has 5 heteroatoms. The van der Waals surface area contributed by atoms with Crippen LogP contribution in [0, 0.1) is 12.8 Å². The molecular formula is C19H27NO4. The van der Waals surface area contributed by atoms with Gasteiger partial charge in [-0.2, -0.15) is 0 Å². The van der Waals surface area contributed by atoms with Crippen molar-refractivity contribution in [2.45, 2.75) is 58.6 Å². The zero-order valence-corrected chi connectivity index (χ0v) is 14.9. The van der Waals surface area contributed by atoms with Gasteiger partial charge in [0.25, 0.3) is 0 Å². The first kappa shape index (κ1) is 18.3. The summed E-state index contributed by atoms with van der Waals surface area (Å²) in [5.41, 5.74) is 1.65. The lowest BCUT2D eigenvalue weighted by Crippen LogP contribution is -2.54. The number of carboxylic acid groups (broad SMARTS) is 1. The number of piperidine rings is 1. The quantitative estimate of drug-likeness (QED) is 0.917. The van der Waals surface area contributed by atoms with Crippen LogP contribution in [0.3, 0.4) is 0 Å². The van der Waals surface area contributed by atoms with Crippen LogP contribution < -0.4 is 0 Å². The number of nitrogens with zero attached hydrogens (tertiary/aromatic N) is 1. The molecule has 1 aliphatic rings. The van der Waals surface area contributed by atoms with Crippen molar-refractivity contribution in [1.29, 1.82) is 0 Å². The molecule has 1 saturated heterocycles. The zero-order chi connectivity index (χ0) is 17.9. The van der Waals surface area contributed by atoms with Gasteiger partial charge in [0.15, 0.2) is 0 Å². The Balaban J connectivity index is 2.21. The Morgan fingerprint density at radius 3 is 2.54 bits per heavy atom. The monoisotopic (exact) mass is 333 g/mol. The summed E-state index contributed by atoms with van der Waals surface area (Å²) in [5.74, 6) is -1.07. The van der Waals surface area contributed by atoms with Crippen LogP contribution in [0.2, 0.25) is 0 Å². The number of ether oxygens (including phenoxy) is 1. The Morgan fingerprint density at radius 2 is 1.96 bits per heavy atom. The van der Waals surface area contributed by atoms with Crippen molar-refractivity contribution in [1.82, 2.24) is 4.90 Å². The molecule has 1 amide bonds. The van der Waals surface area contributed by atoms with Crippen LogP contribution in [0.1, 0.15) is 44.7 Å². The van der Waals surface area contributed by atoms with Crippen LogP contribution in [0.4, 0.5) is 4.79 Å². The second-order valence-electron chi connectivity index (χ2n) is 7.49. The molecule has 0 unspecified atom stereocenters. The summed E-state index contributed by atoms with van der Waals surface area (Å²) in [6.45, 7) is 7.82. The summed E-state index contributed by atoms with van der Waals surface area (Å²) in [6, 6.07) is 7.15. The van der Waals surface area contributed by atoms with Gasteiger partial charge in [0.05, 0.1) is 0 Å². The van der Waals surface area contributed by atoms with Crippen LogP contribution in [-0.2, 0) is 16.0 Å². The molecule has 5 nitrogen and oxygen atoms in total. The van der Waals surface area contributed by atoms with Gasteiger partial charge in [0, 0.05) is 6.54 Å². The average Bonchev–Trinajstić information content (AvgIpc) is 2.47. The van der Waals surface area contributed by atoms with Crippen molar-refractivity contribution >= 4 is 12.1 Å². The molecule has 0 spiro atoms. The third-order valence-electron chi connectivity index (χ3n) is 4.38. The fourth-order valence-corrected chi connectivity index (χ4v) is 3.27. The summed E-state index contributed by atoms with van der Waals surface area (Å²) >= 11 is 0. The van der Waals surface area contributed by atoms with E-state index in [0.717, 1.165) is 24.0 Å². The van der Waals surface area contributed by atoms with Gasteiger partial charge in [-0.1, -0.05) is 24.3 Å². The first-order valence-corrected chi connectivity index (χ1v) is 8.46. The Bertz CT molecular complexity index is 606. The average molecular weight is 333 g/mol. The number of carbonyl (C=O) groups excluding carboxylic acids is 1. The molecule has 0 saturated carbocycles. The number of hydrogen-bond donors (Lipinski definition) is 1. The molecule has 0 bridgehead atoms. The normalized spacial score (nSPS) is 21.4. The lowest BCUT2D eigenvalue weighted by atomic mass is 9.83. The molecule has 1 aromatic carbocycles. The van der Waals surface area contributed by atoms with Gasteiger partial charge in [0.1, 0.15) is 11.6 Å². The molecule has 132 valence electrons. The van der Waals surface area contributed by atoms with Gasteiger partial charge < -0.3 is 9.84 Å². The number of benzene rings is 1. The number of hydrogen-bond acceptors (Lipinski definition) is 3. The molecule has 24 heavy (non-hydrogen) atoms. The predicted octanol–water partition coefficient (Wildman–Crippen LogP) is 3.64. The van der Waals surface area contributed by atoms with E-state index in [2.05, 4.69) is 0 Å². The van der Waals surface area contributed by atoms with Crippen molar-refractivity contribution in [3.8, 4) is 0 Å². The molecule has 1 aliphatic heterocycles. The number of aryl methyl sites for hydroxylation is 1. The summed E-state index contributed by atoms with van der Waals surface area (Å²) < 4.78 is 5.40. The van der Waals surface area contributed by atoms with Gasteiger partial charge in [-0.05, 0) is 64.0 Å². The van der Waals surface area contributed by atoms with Crippen LogP contribution in [-0.4, -0.2) is 40.3 Å². The molecule has 0 aliphatic carbocycles. The highest BCUT2D eigenvalue weighted by Gasteiger charge is 2.41. The number of aliphatic carboxylic acids is 1. The number of amides is 1. The van der Waals surface area contributed by atoms with Gasteiger partial charge in [-0.25, -0.2) is 9.59 Å². The van der Waals surface area contributed by atoms with Gasteiger partial charge >= 0.3 is 12.1 Å². The summed E-state index contributed by atoms with van der Waals surface area (Å²) in [5, 5.41) is 9.72. The van der Waals surface area contributed by atoms with Gasteiger partial charge in [-0.15, -0.1) is 0 Å². The highest BCUT2D eigenvalue weighted by atomic mass is 16.6. The maximum atomic E-state index is 12.4. The summed E-state index contributed by atoms with van der Waals surface area (Å²) in [6.07, 6.45) is 1.71. The van der Waals surface area contributed by atoms with E-state index in [0.29, 0.717) is 13.0 Å². The van der Waals surface area contributed by atoms with Crippen molar-refractivity contribution in [2.75, 3.05) is 6.54 Å². The molecular weight excluding hydrogens is 306 g/mol. The van der Waals surface area contributed by atoms with Crippen molar-refractivity contribution < 1.29 is 19.4 Å². The Hall–Kier alpha value is -2.04. The number of likely N-dealkylation sites (tertiary alicyclic amines) is 1. The Morgan fingerprint density at radius 1 is 1.29 bits per heavy atom. The second-order valence-corrected chi connectivity index (χ2v) is 7.49. The Kier molecular flexibility index (Phi) is 5.52. The molecule has 1 aromatic rings. The molecule has 2 atom stereocenters. The van der Waals surface area contributed by atoms with Crippen LogP contribution in [0.5, 0.6) is 0 Å². The summed E-state index contributed by atoms with van der Waals surface area (Å²) in [7, 11) is 0. The largest absolute Gasteiger partial charge is 0.480 e. The van der Waals surface area contributed by atoms with Crippen molar-refractivity contribution in [3.05, 3.63) is 35.4 Å². The third kappa shape index (κ3) is 4.49. The number of carbonyl (C=O) groups is 2. The third-order valence-corrected chi connectivity index (χ3v) is 4.38. The van der Waals surface area contributed by atoms with E-state index in [9.17, 15) is 14.7 Å². The molecule has 2 rings (SSSR count). The standard InChI is InChI=1S/C19H27NO4/c1-13-8-5-6-9-14(13)12-15-10-7-11-20(16(15)17(21)22)18(23)24-19(2,3)4/h5-6,8-9,15-16H,7,10-12H2,1-4H3,(H,21,22)/t15-,16-/m1/s1. The minimum atomic E-state index is -0.959. The predicted molar refractivity (Wildman–Crippen MR) is 92.0 cm³/mol. The minimum absolute atomic E-state index is 0.107. The van der Waals surface area contributed by atoms with E-state index in [1.165, 1.54) is 4.90 Å². The lowest BCUT2D eigenvalue weighted by Gasteiger charge is -2.39. The Labute approximate surface area is 143 Å². The first-order valence-electron chi connectivity index (χ1n) is 8.46.